The summed E-state index contributed by atoms with van der Waals surface area (Å²) in [4.78, 5) is 24.5. The van der Waals surface area contributed by atoms with Gasteiger partial charge in [0, 0.05) is 52.4 Å². The highest BCUT2D eigenvalue weighted by atomic mass is 19.4. The van der Waals surface area contributed by atoms with Crippen LogP contribution in [0.5, 0.6) is 0 Å². The van der Waals surface area contributed by atoms with Crippen LogP contribution in [0.1, 0.15) is 31.2 Å². The molecule has 2 saturated heterocycles. The molecule has 3 heterocycles. The molecule has 0 radical (unpaired) electrons. The van der Waals surface area contributed by atoms with Crippen molar-refractivity contribution in [3.05, 3.63) is 30.1 Å². The number of aliphatic carboxylic acids is 2. The summed E-state index contributed by atoms with van der Waals surface area (Å²) < 4.78 is 74.9. The van der Waals surface area contributed by atoms with Crippen LogP contribution in [0.2, 0.25) is 0 Å². The molecular formula is C21H28F6N2O6. The number of pyridine rings is 1. The number of alkyl halides is 6. The van der Waals surface area contributed by atoms with E-state index < -0.39 is 24.3 Å². The summed E-state index contributed by atoms with van der Waals surface area (Å²) in [5, 5.41) is 14.2. The van der Waals surface area contributed by atoms with Crippen LogP contribution >= 0.6 is 0 Å². The first kappa shape index (κ1) is 30.6. The fourth-order valence-electron chi connectivity index (χ4n) is 3.84. The third kappa shape index (κ3) is 10.8. The number of methoxy groups -OCH3 is 1. The van der Waals surface area contributed by atoms with E-state index in [0.717, 1.165) is 52.1 Å². The molecule has 2 aliphatic rings. The maximum atomic E-state index is 10.6. The molecule has 1 atom stereocenters. The zero-order valence-electron chi connectivity index (χ0n) is 18.9. The van der Waals surface area contributed by atoms with Crippen LogP contribution in [0.3, 0.4) is 0 Å². The van der Waals surface area contributed by atoms with E-state index in [0.29, 0.717) is 5.92 Å². The van der Waals surface area contributed by atoms with Crippen LogP contribution in [0.25, 0.3) is 0 Å². The van der Waals surface area contributed by atoms with Crippen LogP contribution in [0.15, 0.2) is 24.5 Å². The molecule has 1 aromatic heterocycles. The van der Waals surface area contributed by atoms with Crippen molar-refractivity contribution < 1.29 is 55.6 Å². The number of likely N-dealkylation sites (tertiary alicyclic amines) is 1. The fourth-order valence-corrected chi connectivity index (χ4v) is 3.84. The molecule has 2 N–H and O–H groups in total. The summed E-state index contributed by atoms with van der Waals surface area (Å²) in [5.74, 6) is -4.84. The molecule has 1 aromatic rings. The van der Waals surface area contributed by atoms with Crippen molar-refractivity contribution in [1.29, 1.82) is 0 Å². The molecule has 0 bridgehead atoms. The van der Waals surface area contributed by atoms with Crippen LogP contribution in [0.4, 0.5) is 26.3 Å². The molecule has 35 heavy (non-hydrogen) atoms. The van der Waals surface area contributed by atoms with Gasteiger partial charge in [-0.3, -0.25) is 9.88 Å². The van der Waals surface area contributed by atoms with Gasteiger partial charge in [-0.15, -0.1) is 0 Å². The second kappa shape index (κ2) is 13.6. The lowest BCUT2D eigenvalue weighted by molar-refractivity contribution is -0.193. The maximum absolute atomic E-state index is 10.6. The summed E-state index contributed by atoms with van der Waals surface area (Å²) in [5.41, 5.74) is 1.43. The number of piperidine rings is 1. The SMILES string of the molecule is COCCC1CCOC12CCN(Cc1cccnc1)CC2.O=C(O)C(F)(F)F.O=C(O)C(F)(F)F. The van der Waals surface area contributed by atoms with Crippen LogP contribution < -0.4 is 0 Å². The van der Waals surface area contributed by atoms with E-state index in [1.165, 1.54) is 12.0 Å². The smallest absolute Gasteiger partial charge is 0.475 e. The molecule has 1 spiro atoms. The quantitative estimate of drug-likeness (QED) is 0.568. The minimum atomic E-state index is -5.08. The third-order valence-corrected chi connectivity index (χ3v) is 5.59. The number of carboxylic acid groups (broad SMARTS) is 2. The molecular weight excluding hydrogens is 490 g/mol. The first-order chi connectivity index (χ1) is 16.2. The van der Waals surface area contributed by atoms with Crippen LogP contribution in [0, 0.1) is 5.92 Å². The van der Waals surface area contributed by atoms with Crippen molar-refractivity contribution in [3.63, 3.8) is 0 Å². The average Bonchev–Trinajstić information content (AvgIpc) is 3.16. The summed E-state index contributed by atoms with van der Waals surface area (Å²) in [6.45, 7) is 5.04. The van der Waals surface area contributed by atoms with Gasteiger partial charge in [0.1, 0.15) is 0 Å². The first-order valence-corrected chi connectivity index (χ1v) is 10.6. The molecule has 200 valence electrons. The molecule has 1 unspecified atom stereocenters. The number of hydrogen-bond donors (Lipinski definition) is 2. The molecule has 3 rings (SSSR count). The monoisotopic (exact) mass is 518 g/mol. The number of carboxylic acids is 2. The highest BCUT2D eigenvalue weighted by Crippen LogP contribution is 2.42. The van der Waals surface area contributed by atoms with Gasteiger partial charge in [0.15, 0.2) is 0 Å². The number of rotatable bonds is 5. The number of carbonyl (C=O) groups is 2. The Morgan fingerprint density at radius 3 is 2.11 bits per heavy atom. The lowest BCUT2D eigenvalue weighted by Crippen LogP contribution is -2.47. The Balaban J connectivity index is 0.000000362. The topological polar surface area (TPSA) is 109 Å². The van der Waals surface area contributed by atoms with Gasteiger partial charge < -0.3 is 19.7 Å². The molecule has 0 amide bonds. The van der Waals surface area contributed by atoms with E-state index in [-0.39, 0.29) is 5.60 Å². The summed E-state index contributed by atoms with van der Waals surface area (Å²) in [7, 11) is 1.79. The number of halogens is 6. The van der Waals surface area contributed by atoms with E-state index >= 15 is 0 Å². The van der Waals surface area contributed by atoms with E-state index in [1.807, 2.05) is 18.5 Å². The second-order valence-corrected chi connectivity index (χ2v) is 7.92. The van der Waals surface area contributed by atoms with Gasteiger partial charge in [0.05, 0.1) is 5.60 Å². The Labute approximate surface area is 197 Å². The van der Waals surface area contributed by atoms with Crippen molar-refractivity contribution in [3.8, 4) is 0 Å². The molecule has 8 nitrogen and oxygen atoms in total. The third-order valence-electron chi connectivity index (χ3n) is 5.59. The zero-order chi connectivity index (χ0) is 26.7. The second-order valence-electron chi connectivity index (χ2n) is 7.92. The van der Waals surface area contributed by atoms with Gasteiger partial charge in [0.25, 0.3) is 0 Å². The molecule has 0 saturated carbocycles. The van der Waals surface area contributed by atoms with E-state index in [1.54, 1.807) is 7.11 Å². The van der Waals surface area contributed by atoms with Crippen molar-refractivity contribution in [1.82, 2.24) is 9.88 Å². The molecule has 2 fully saturated rings. The van der Waals surface area contributed by atoms with Crippen molar-refractivity contribution in [2.24, 2.45) is 5.92 Å². The maximum Gasteiger partial charge on any atom is 0.490 e. The van der Waals surface area contributed by atoms with Gasteiger partial charge in [-0.25, -0.2) is 9.59 Å². The van der Waals surface area contributed by atoms with Gasteiger partial charge >= 0.3 is 24.3 Å². The van der Waals surface area contributed by atoms with E-state index in [2.05, 4.69) is 16.0 Å². The molecule has 0 aliphatic carbocycles. The van der Waals surface area contributed by atoms with Crippen LogP contribution in [-0.2, 0) is 25.6 Å². The molecule has 2 aliphatic heterocycles. The minimum Gasteiger partial charge on any atom is -0.475 e. The van der Waals surface area contributed by atoms with Gasteiger partial charge in [0.2, 0.25) is 0 Å². The lowest BCUT2D eigenvalue weighted by Gasteiger charge is -2.42. The summed E-state index contributed by atoms with van der Waals surface area (Å²) >= 11 is 0. The standard InChI is InChI=1S/C17H26N2O2.2C2HF3O2/c1-20-11-4-16-5-12-21-17(16)6-9-19(10-7-17)14-15-3-2-8-18-13-15;2*3-2(4,5)1(6)7/h2-3,8,13,16H,4-7,9-12,14H2,1H3;2*(H,6,7). The summed E-state index contributed by atoms with van der Waals surface area (Å²) in [6, 6.07) is 4.17. The Morgan fingerprint density at radius 1 is 1.14 bits per heavy atom. The average molecular weight is 518 g/mol. The largest absolute Gasteiger partial charge is 0.490 e. The van der Waals surface area contributed by atoms with Gasteiger partial charge in [-0.05, 0) is 43.2 Å². The van der Waals surface area contributed by atoms with Crippen molar-refractivity contribution in [2.75, 3.05) is 33.4 Å². The number of ether oxygens (including phenoxy) is 2. The first-order valence-electron chi connectivity index (χ1n) is 10.6. The number of aromatic nitrogens is 1. The predicted molar refractivity (Wildman–Crippen MR) is 109 cm³/mol. The number of hydrogen-bond acceptors (Lipinski definition) is 6. The molecule has 14 heteroatoms. The zero-order valence-corrected chi connectivity index (χ0v) is 18.9. The van der Waals surface area contributed by atoms with Crippen molar-refractivity contribution in [2.45, 2.75) is 50.2 Å². The highest BCUT2D eigenvalue weighted by molar-refractivity contribution is 5.73. The highest BCUT2D eigenvalue weighted by Gasteiger charge is 2.45. The van der Waals surface area contributed by atoms with E-state index in [9.17, 15) is 26.3 Å². The predicted octanol–water partition coefficient (Wildman–Crippen LogP) is 3.76. The van der Waals surface area contributed by atoms with Crippen molar-refractivity contribution >= 4 is 11.9 Å². The van der Waals surface area contributed by atoms with E-state index in [4.69, 9.17) is 29.3 Å². The minimum absolute atomic E-state index is 0.129. The van der Waals surface area contributed by atoms with Gasteiger partial charge in [-0.1, -0.05) is 6.07 Å². The normalized spacial score (nSPS) is 19.8. The Kier molecular flexibility index (Phi) is 11.9. The van der Waals surface area contributed by atoms with Gasteiger partial charge in [-0.2, -0.15) is 26.3 Å². The Hall–Kier alpha value is -2.45. The van der Waals surface area contributed by atoms with Crippen LogP contribution in [-0.4, -0.2) is 83.4 Å². The molecule has 0 aromatic carbocycles. The fraction of sp³-hybridized carbons (Fsp3) is 0.667. The Morgan fingerprint density at radius 2 is 1.69 bits per heavy atom. The lowest BCUT2D eigenvalue weighted by atomic mass is 9.78. The number of nitrogens with zero attached hydrogens (tertiary/aromatic N) is 2. The summed E-state index contributed by atoms with van der Waals surface area (Å²) in [6.07, 6.45) is -1.71. The Bertz CT molecular complexity index is 759.